The summed E-state index contributed by atoms with van der Waals surface area (Å²) in [6.07, 6.45) is 4.79. The zero-order chi connectivity index (χ0) is 13.0. The molecule has 0 saturated carbocycles. The van der Waals surface area contributed by atoms with E-state index in [1.807, 2.05) is 7.05 Å². The summed E-state index contributed by atoms with van der Waals surface area (Å²) >= 11 is 0. The lowest BCUT2D eigenvalue weighted by atomic mass is 10.0. The second-order valence-electron chi connectivity index (χ2n) is 4.50. The third-order valence-corrected chi connectivity index (χ3v) is 3.32. The predicted octanol–water partition coefficient (Wildman–Crippen LogP) is 1.57. The molecule has 1 saturated heterocycles. The van der Waals surface area contributed by atoms with E-state index >= 15 is 0 Å². The van der Waals surface area contributed by atoms with E-state index in [-0.39, 0.29) is 5.82 Å². The fraction of sp³-hybridized carbons (Fsp3) is 0.583. The fourth-order valence-corrected chi connectivity index (χ4v) is 2.52. The van der Waals surface area contributed by atoms with Gasteiger partial charge in [0.25, 0.3) is 0 Å². The van der Waals surface area contributed by atoms with Gasteiger partial charge in [-0.3, -0.25) is 0 Å². The number of pyridine rings is 1. The van der Waals surface area contributed by atoms with Crippen molar-refractivity contribution in [2.24, 2.45) is 0 Å². The highest BCUT2D eigenvalue weighted by Crippen LogP contribution is 2.30. The second kappa shape index (κ2) is 5.77. The number of nitro groups is 1. The number of nitrogens with one attached hydrogen (secondary N) is 1. The van der Waals surface area contributed by atoms with Gasteiger partial charge in [0.2, 0.25) is 0 Å². The molecule has 98 valence electrons. The summed E-state index contributed by atoms with van der Waals surface area (Å²) < 4.78 is 0. The number of rotatable bonds is 4. The van der Waals surface area contributed by atoms with Crippen molar-refractivity contribution in [2.45, 2.75) is 25.3 Å². The first kappa shape index (κ1) is 12.8. The van der Waals surface area contributed by atoms with Crippen LogP contribution in [0.25, 0.3) is 0 Å². The van der Waals surface area contributed by atoms with Crippen molar-refractivity contribution in [2.75, 3.05) is 25.0 Å². The minimum atomic E-state index is -0.402. The van der Waals surface area contributed by atoms with Gasteiger partial charge >= 0.3 is 5.82 Å². The average Bonchev–Trinajstić information content (AvgIpc) is 2.40. The molecule has 1 aliphatic rings. The Morgan fingerprint density at radius 2 is 2.44 bits per heavy atom. The molecular formula is C12H18N4O2. The third-order valence-electron chi connectivity index (χ3n) is 3.32. The third kappa shape index (κ3) is 2.59. The second-order valence-corrected chi connectivity index (χ2v) is 4.50. The Morgan fingerprint density at radius 1 is 1.61 bits per heavy atom. The molecule has 1 atom stereocenters. The molecule has 0 amide bonds. The van der Waals surface area contributed by atoms with Gasteiger partial charge in [-0.05, 0) is 48.4 Å². The van der Waals surface area contributed by atoms with Crippen molar-refractivity contribution in [3.63, 3.8) is 0 Å². The Kier molecular flexibility index (Phi) is 4.09. The molecule has 1 aromatic rings. The van der Waals surface area contributed by atoms with Crippen LogP contribution >= 0.6 is 0 Å². The lowest BCUT2D eigenvalue weighted by molar-refractivity contribution is -0.388. The van der Waals surface area contributed by atoms with Crippen LogP contribution in [-0.4, -0.2) is 36.1 Å². The number of hydrogen-bond donors (Lipinski definition) is 1. The monoisotopic (exact) mass is 250 g/mol. The molecule has 6 heteroatoms. The van der Waals surface area contributed by atoms with Gasteiger partial charge in [-0.2, -0.15) is 0 Å². The van der Waals surface area contributed by atoms with Crippen molar-refractivity contribution < 1.29 is 4.92 Å². The summed E-state index contributed by atoms with van der Waals surface area (Å²) in [4.78, 5) is 16.6. The molecule has 1 fully saturated rings. The Hall–Kier alpha value is -1.69. The topological polar surface area (TPSA) is 71.3 Å². The zero-order valence-electron chi connectivity index (χ0n) is 10.5. The smallest absolute Gasteiger partial charge is 0.360 e. The standard InChI is InChI=1S/C12H18N4O2/c1-13-9-10-5-2-3-8-15(10)11-6-4-7-14-12(11)16(17)18/h4,6-7,10,13H,2-3,5,8-9H2,1H3. The molecule has 0 spiro atoms. The van der Waals surface area contributed by atoms with Crippen LogP contribution in [0.15, 0.2) is 18.3 Å². The van der Waals surface area contributed by atoms with Crippen LogP contribution in [0.5, 0.6) is 0 Å². The number of hydrogen-bond acceptors (Lipinski definition) is 5. The number of piperidine rings is 1. The first-order valence-corrected chi connectivity index (χ1v) is 6.24. The Morgan fingerprint density at radius 3 is 3.17 bits per heavy atom. The van der Waals surface area contributed by atoms with Gasteiger partial charge in [-0.25, -0.2) is 0 Å². The van der Waals surface area contributed by atoms with E-state index in [2.05, 4.69) is 15.2 Å². The minimum Gasteiger partial charge on any atom is -0.360 e. The van der Waals surface area contributed by atoms with Gasteiger partial charge in [-0.15, -0.1) is 0 Å². The molecule has 6 nitrogen and oxygen atoms in total. The van der Waals surface area contributed by atoms with Crippen LogP contribution in [0.1, 0.15) is 19.3 Å². The number of nitrogens with zero attached hydrogens (tertiary/aromatic N) is 3. The minimum absolute atomic E-state index is 0.0412. The summed E-state index contributed by atoms with van der Waals surface area (Å²) in [5, 5.41) is 14.2. The summed E-state index contributed by atoms with van der Waals surface area (Å²) in [6, 6.07) is 3.86. The van der Waals surface area contributed by atoms with Crippen LogP contribution in [0, 0.1) is 10.1 Å². The summed E-state index contributed by atoms with van der Waals surface area (Å²) in [5.41, 5.74) is 0.641. The number of aromatic nitrogens is 1. The van der Waals surface area contributed by atoms with E-state index in [0.717, 1.165) is 25.9 Å². The van der Waals surface area contributed by atoms with Gasteiger partial charge in [0.15, 0.2) is 0 Å². The SMILES string of the molecule is CNCC1CCCCN1c1cccnc1[N+](=O)[O-]. The van der Waals surface area contributed by atoms with Crippen molar-refractivity contribution in [3.8, 4) is 0 Å². The average molecular weight is 250 g/mol. The maximum absolute atomic E-state index is 11.0. The zero-order valence-corrected chi connectivity index (χ0v) is 10.5. The highest BCUT2D eigenvalue weighted by Gasteiger charge is 2.27. The Bertz CT molecular complexity index is 422. The first-order chi connectivity index (χ1) is 8.74. The molecule has 2 heterocycles. The van der Waals surface area contributed by atoms with Crippen molar-refractivity contribution in [1.29, 1.82) is 0 Å². The molecule has 1 N–H and O–H groups in total. The lowest BCUT2D eigenvalue weighted by Crippen LogP contribution is -2.45. The molecule has 18 heavy (non-hydrogen) atoms. The van der Waals surface area contributed by atoms with Gasteiger partial charge in [-0.1, -0.05) is 0 Å². The quantitative estimate of drug-likeness (QED) is 0.648. The van der Waals surface area contributed by atoms with E-state index in [1.165, 1.54) is 12.6 Å². The highest BCUT2D eigenvalue weighted by atomic mass is 16.6. The van der Waals surface area contributed by atoms with Crippen LogP contribution in [0.2, 0.25) is 0 Å². The fourth-order valence-electron chi connectivity index (χ4n) is 2.52. The molecule has 1 aromatic heterocycles. The normalized spacial score (nSPS) is 19.8. The largest absolute Gasteiger partial charge is 0.387 e. The summed E-state index contributed by atoms with van der Waals surface area (Å²) in [6.45, 7) is 1.70. The number of likely N-dealkylation sites (N-methyl/N-ethyl adjacent to an activating group) is 1. The lowest BCUT2D eigenvalue weighted by Gasteiger charge is -2.36. The van der Waals surface area contributed by atoms with Gasteiger partial charge < -0.3 is 20.3 Å². The number of anilines is 1. The maximum Gasteiger partial charge on any atom is 0.387 e. The summed E-state index contributed by atoms with van der Waals surface area (Å²) in [5.74, 6) is -0.0412. The highest BCUT2D eigenvalue weighted by molar-refractivity contribution is 5.59. The molecule has 0 radical (unpaired) electrons. The summed E-state index contributed by atoms with van der Waals surface area (Å²) in [7, 11) is 1.91. The van der Waals surface area contributed by atoms with Gasteiger partial charge in [0.05, 0.1) is 0 Å². The Balaban J connectivity index is 2.30. The van der Waals surface area contributed by atoms with E-state index in [4.69, 9.17) is 0 Å². The molecule has 1 aliphatic heterocycles. The Labute approximate surface area is 106 Å². The first-order valence-electron chi connectivity index (χ1n) is 6.24. The van der Waals surface area contributed by atoms with Crippen molar-refractivity contribution >= 4 is 11.5 Å². The molecule has 1 unspecified atom stereocenters. The molecule has 0 aromatic carbocycles. The molecular weight excluding hydrogens is 232 g/mol. The van der Waals surface area contributed by atoms with Gasteiger partial charge in [0.1, 0.15) is 11.9 Å². The van der Waals surface area contributed by atoms with Crippen molar-refractivity contribution in [3.05, 3.63) is 28.4 Å². The maximum atomic E-state index is 11.0. The predicted molar refractivity (Wildman–Crippen MR) is 69.8 cm³/mol. The molecule has 0 bridgehead atoms. The van der Waals surface area contributed by atoms with E-state index in [0.29, 0.717) is 11.7 Å². The molecule has 2 rings (SSSR count). The van der Waals surface area contributed by atoms with E-state index in [1.54, 1.807) is 12.1 Å². The van der Waals surface area contributed by atoms with Crippen LogP contribution in [0.4, 0.5) is 11.5 Å². The van der Waals surface area contributed by atoms with Crippen LogP contribution < -0.4 is 10.2 Å². The van der Waals surface area contributed by atoms with E-state index < -0.39 is 4.92 Å². The van der Waals surface area contributed by atoms with Gasteiger partial charge in [0, 0.05) is 19.1 Å². The van der Waals surface area contributed by atoms with Crippen LogP contribution in [0.3, 0.4) is 0 Å². The van der Waals surface area contributed by atoms with E-state index in [9.17, 15) is 10.1 Å². The molecule has 0 aliphatic carbocycles. The van der Waals surface area contributed by atoms with Crippen LogP contribution in [-0.2, 0) is 0 Å². The van der Waals surface area contributed by atoms with Crippen molar-refractivity contribution in [1.82, 2.24) is 10.3 Å².